The van der Waals surface area contributed by atoms with Crippen molar-refractivity contribution in [3.05, 3.63) is 32.8 Å². The van der Waals surface area contributed by atoms with E-state index in [4.69, 9.17) is 28.9 Å². The molecule has 2 rings (SSSR count). The van der Waals surface area contributed by atoms with Crippen molar-refractivity contribution < 1.29 is 0 Å². The zero-order valence-corrected chi connectivity index (χ0v) is 11.9. The van der Waals surface area contributed by atoms with Gasteiger partial charge in [-0.25, -0.2) is 4.98 Å². The van der Waals surface area contributed by atoms with Gasteiger partial charge < -0.3 is 11.1 Å². The standard InChI is InChI=1S/C11H10BrCl2N3/c12-7-5-8(13)10(14)6-1-3-16-11(9(6)7)17-4-2-15/h1,3,5H,2,4,15H2,(H,16,17). The van der Waals surface area contributed by atoms with Crippen LogP contribution in [0.3, 0.4) is 0 Å². The topological polar surface area (TPSA) is 50.9 Å². The van der Waals surface area contributed by atoms with Crippen LogP contribution in [0.5, 0.6) is 0 Å². The summed E-state index contributed by atoms with van der Waals surface area (Å²) in [6.07, 6.45) is 1.69. The van der Waals surface area contributed by atoms with Crippen LogP contribution in [-0.4, -0.2) is 18.1 Å². The first-order chi connectivity index (χ1) is 8.15. The number of nitrogens with two attached hydrogens (primary N) is 1. The van der Waals surface area contributed by atoms with Crippen LogP contribution in [0.25, 0.3) is 10.8 Å². The lowest BCUT2D eigenvalue weighted by atomic mass is 10.1. The molecule has 0 fully saturated rings. The van der Waals surface area contributed by atoms with Gasteiger partial charge in [0.1, 0.15) is 5.82 Å². The minimum absolute atomic E-state index is 0.516. The van der Waals surface area contributed by atoms with E-state index in [0.717, 1.165) is 21.1 Å². The number of nitrogens with zero attached hydrogens (tertiary/aromatic N) is 1. The van der Waals surface area contributed by atoms with Crippen molar-refractivity contribution in [2.75, 3.05) is 18.4 Å². The number of benzene rings is 1. The summed E-state index contributed by atoms with van der Waals surface area (Å²) in [5, 5.41) is 5.98. The normalized spacial score (nSPS) is 10.8. The van der Waals surface area contributed by atoms with Crippen LogP contribution in [-0.2, 0) is 0 Å². The van der Waals surface area contributed by atoms with Crippen LogP contribution in [0, 0.1) is 0 Å². The van der Waals surface area contributed by atoms with Gasteiger partial charge in [-0.1, -0.05) is 23.2 Å². The maximum Gasteiger partial charge on any atom is 0.135 e. The molecule has 90 valence electrons. The Labute approximate surface area is 117 Å². The van der Waals surface area contributed by atoms with Gasteiger partial charge in [0, 0.05) is 34.5 Å². The second kappa shape index (κ2) is 5.40. The van der Waals surface area contributed by atoms with Crippen molar-refractivity contribution in [3.63, 3.8) is 0 Å². The maximum atomic E-state index is 6.17. The van der Waals surface area contributed by atoms with Crippen molar-refractivity contribution in [1.29, 1.82) is 0 Å². The number of hydrogen-bond donors (Lipinski definition) is 2. The zero-order chi connectivity index (χ0) is 12.4. The predicted molar refractivity (Wildman–Crippen MR) is 77.0 cm³/mol. The fourth-order valence-electron chi connectivity index (χ4n) is 1.59. The number of halogens is 3. The highest BCUT2D eigenvalue weighted by Crippen LogP contribution is 2.38. The average molecular weight is 335 g/mol. The molecular formula is C11H10BrCl2N3. The summed E-state index contributed by atoms with van der Waals surface area (Å²) in [6, 6.07) is 3.60. The van der Waals surface area contributed by atoms with Gasteiger partial charge in [0.25, 0.3) is 0 Å². The first-order valence-corrected chi connectivity index (χ1v) is 6.56. The number of fused-ring (bicyclic) bond motifs is 1. The molecule has 3 N–H and O–H groups in total. The average Bonchev–Trinajstić information content (AvgIpc) is 2.33. The molecule has 0 saturated carbocycles. The summed E-state index contributed by atoms with van der Waals surface area (Å²) >= 11 is 15.7. The van der Waals surface area contributed by atoms with Gasteiger partial charge in [0.05, 0.1) is 10.0 Å². The first kappa shape index (κ1) is 12.9. The molecule has 0 atom stereocenters. The number of hydrogen-bond acceptors (Lipinski definition) is 3. The van der Waals surface area contributed by atoms with E-state index in [1.54, 1.807) is 12.3 Å². The molecule has 0 spiro atoms. The monoisotopic (exact) mass is 333 g/mol. The fourth-order valence-corrected chi connectivity index (χ4v) is 2.77. The Kier molecular flexibility index (Phi) is 4.09. The molecule has 1 aromatic carbocycles. The predicted octanol–water partition coefficient (Wildman–Crippen LogP) is 3.67. The summed E-state index contributed by atoms with van der Waals surface area (Å²) < 4.78 is 0.856. The summed E-state index contributed by atoms with van der Waals surface area (Å²) in [6.45, 7) is 1.19. The van der Waals surface area contributed by atoms with Gasteiger partial charge in [-0.3, -0.25) is 0 Å². The Morgan fingerprint density at radius 1 is 1.41 bits per heavy atom. The van der Waals surface area contributed by atoms with Crippen LogP contribution in [0.15, 0.2) is 22.8 Å². The lowest BCUT2D eigenvalue weighted by Gasteiger charge is -2.11. The fraction of sp³-hybridized carbons (Fsp3) is 0.182. The Morgan fingerprint density at radius 3 is 2.88 bits per heavy atom. The maximum absolute atomic E-state index is 6.17. The minimum atomic E-state index is 0.516. The smallest absolute Gasteiger partial charge is 0.135 e. The largest absolute Gasteiger partial charge is 0.368 e. The van der Waals surface area contributed by atoms with E-state index in [1.165, 1.54) is 0 Å². The summed E-state index contributed by atoms with van der Waals surface area (Å²) in [5.74, 6) is 0.749. The van der Waals surface area contributed by atoms with E-state index >= 15 is 0 Å². The van der Waals surface area contributed by atoms with Crippen molar-refractivity contribution in [1.82, 2.24) is 4.98 Å². The molecule has 0 unspecified atom stereocenters. The molecule has 0 aliphatic rings. The Bertz CT molecular complexity index is 560. The molecule has 3 nitrogen and oxygen atoms in total. The summed E-state index contributed by atoms with van der Waals surface area (Å²) in [7, 11) is 0. The van der Waals surface area contributed by atoms with Gasteiger partial charge >= 0.3 is 0 Å². The second-order valence-corrected chi connectivity index (χ2v) is 5.09. The third-order valence-electron chi connectivity index (χ3n) is 2.33. The van der Waals surface area contributed by atoms with Crippen molar-refractivity contribution in [2.45, 2.75) is 0 Å². The van der Waals surface area contributed by atoms with Crippen molar-refractivity contribution >= 4 is 55.7 Å². The molecule has 1 aromatic heterocycles. The molecule has 0 amide bonds. The number of pyridine rings is 1. The first-order valence-electron chi connectivity index (χ1n) is 5.01. The van der Waals surface area contributed by atoms with Gasteiger partial charge in [0.15, 0.2) is 0 Å². The lowest BCUT2D eigenvalue weighted by molar-refractivity contribution is 1.01. The molecule has 0 aliphatic heterocycles. The van der Waals surface area contributed by atoms with Gasteiger partial charge in [-0.15, -0.1) is 0 Å². The molecule has 0 bridgehead atoms. The van der Waals surface area contributed by atoms with Crippen molar-refractivity contribution in [2.24, 2.45) is 5.73 Å². The Hall–Kier alpha value is -0.550. The van der Waals surface area contributed by atoms with E-state index in [0.29, 0.717) is 23.1 Å². The number of anilines is 1. The minimum Gasteiger partial charge on any atom is -0.368 e. The molecular weight excluding hydrogens is 325 g/mol. The highest BCUT2D eigenvalue weighted by atomic mass is 79.9. The Morgan fingerprint density at radius 2 is 2.18 bits per heavy atom. The van der Waals surface area contributed by atoms with Crippen LogP contribution < -0.4 is 11.1 Å². The highest BCUT2D eigenvalue weighted by Gasteiger charge is 2.12. The van der Waals surface area contributed by atoms with Crippen molar-refractivity contribution in [3.8, 4) is 0 Å². The summed E-state index contributed by atoms with van der Waals surface area (Å²) in [5.41, 5.74) is 5.46. The zero-order valence-electron chi connectivity index (χ0n) is 8.80. The third-order valence-corrected chi connectivity index (χ3v) is 3.75. The molecule has 17 heavy (non-hydrogen) atoms. The van der Waals surface area contributed by atoms with Crippen LogP contribution in [0.1, 0.15) is 0 Å². The quantitative estimate of drug-likeness (QED) is 0.842. The molecule has 6 heteroatoms. The Balaban J connectivity index is 2.67. The van der Waals surface area contributed by atoms with E-state index in [1.807, 2.05) is 6.07 Å². The molecule has 2 aromatic rings. The lowest BCUT2D eigenvalue weighted by Crippen LogP contribution is -2.14. The third kappa shape index (κ3) is 2.50. The van der Waals surface area contributed by atoms with Gasteiger partial charge in [-0.2, -0.15) is 0 Å². The van der Waals surface area contributed by atoms with Gasteiger partial charge in [0.2, 0.25) is 0 Å². The number of aromatic nitrogens is 1. The molecule has 0 aliphatic carbocycles. The molecule has 1 heterocycles. The summed E-state index contributed by atoms with van der Waals surface area (Å²) in [4.78, 5) is 4.28. The SMILES string of the molecule is NCCNc1nccc2c(Cl)c(Cl)cc(Br)c12. The molecule has 0 saturated heterocycles. The molecule has 0 radical (unpaired) electrons. The van der Waals surface area contributed by atoms with E-state index in [-0.39, 0.29) is 0 Å². The van der Waals surface area contributed by atoms with Crippen LogP contribution >= 0.6 is 39.1 Å². The van der Waals surface area contributed by atoms with E-state index in [2.05, 4.69) is 26.2 Å². The highest BCUT2D eigenvalue weighted by molar-refractivity contribution is 9.10. The van der Waals surface area contributed by atoms with E-state index < -0.39 is 0 Å². The van der Waals surface area contributed by atoms with E-state index in [9.17, 15) is 0 Å². The van der Waals surface area contributed by atoms with Crippen LogP contribution in [0.2, 0.25) is 10.0 Å². The second-order valence-electron chi connectivity index (χ2n) is 3.45. The van der Waals surface area contributed by atoms with Crippen LogP contribution in [0.4, 0.5) is 5.82 Å². The number of nitrogens with one attached hydrogen (secondary N) is 1. The van der Waals surface area contributed by atoms with Gasteiger partial charge in [-0.05, 0) is 28.1 Å². The number of rotatable bonds is 3.